The highest BCUT2D eigenvalue weighted by Gasteiger charge is 2.41. The number of rotatable bonds is 7. The molecule has 0 radical (unpaired) electrons. The van der Waals surface area contributed by atoms with Gasteiger partial charge in [0.2, 0.25) is 0 Å². The smallest absolute Gasteiger partial charge is 0.191 e. The molecule has 0 aliphatic heterocycles. The van der Waals surface area contributed by atoms with E-state index < -0.39 is 0 Å². The number of halogens is 1. The fourth-order valence-corrected chi connectivity index (χ4v) is 3.31. The number of aryl methyl sites for hydroxylation is 1. The first-order chi connectivity index (χ1) is 10.1. The molecule has 1 heterocycles. The van der Waals surface area contributed by atoms with E-state index in [1.807, 2.05) is 11.3 Å². The molecule has 1 aliphatic rings. The quantitative estimate of drug-likeness (QED) is 0.349. The predicted octanol–water partition coefficient (Wildman–Crippen LogP) is 2.93. The Bertz CT molecular complexity index is 485. The molecule has 0 bridgehead atoms. The zero-order valence-corrected chi connectivity index (χ0v) is 16.8. The van der Waals surface area contributed by atoms with Crippen molar-refractivity contribution in [1.82, 2.24) is 10.6 Å². The molecule has 1 saturated carbocycles. The molecule has 126 valence electrons. The molecule has 22 heavy (non-hydrogen) atoms. The number of aliphatic hydroxyl groups excluding tert-OH is 1. The van der Waals surface area contributed by atoms with Crippen molar-refractivity contribution in [2.24, 2.45) is 10.4 Å². The summed E-state index contributed by atoms with van der Waals surface area (Å²) in [6.07, 6.45) is 3.20. The van der Waals surface area contributed by atoms with Crippen LogP contribution in [-0.4, -0.2) is 36.8 Å². The monoisotopic (exact) mass is 437 g/mol. The summed E-state index contributed by atoms with van der Waals surface area (Å²) in [6, 6.07) is 4.71. The molecular weight excluding hydrogens is 409 g/mol. The Labute approximate surface area is 154 Å². The van der Waals surface area contributed by atoms with E-state index in [2.05, 4.69) is 48.5 Å². The zero-order valence-electron chi connectivity index (χ0n) is 13.7. The van der Waals surface area contributed by atoms with Gasteiger partial charge in [-0.2, -0.15) is 0 Å². The van der Waals surface area contributed by atoms with Crippen LogP contribution in [0.3, 0.4) is 0 Å². The number of nitrogens with zero attached hydrogens (tertiary/aromatic N) is 1. The maximum absolute atomic E-state index is 9.37. The number of aliphatic imine (C=N–C) groups is 1. The first kappa shape index (κ1) is 19.7. The van der Waals surface area contributed by atoms with Crippen LogP contribution in [0.15, 0.2) is 17.1 Å². The van der Waals surface area contributed by atoms with Crippen LogP contribution >= 0.6 is 35.3 Å². The van der Waals surface area contributed by atoms with Crippen molar-refractivity contribution in [2.45, 2.75) is 46.1 Å². The molecule has 3 N–H and O–H groups in total. The molecule has 1 atom stereocenters. The number of thiophene rings is 1. The molecule has 0 saturated heterocycles. The van der Waals surface area contributed by atoms with Gasteiger partial charge in [-0.3, -0.25) is 4.99 Å². The van der Waals surface area contributed by atoms with E-state index in [-0.39, 0.29) is 36.0 Å². The van der Waals surface area contributed by atoms with Crippen LogP contribution in [0.5, 0.6) is 0 Å². The summed E-state index contributed by atoms with van der Waals surface area (Å²) in [5.74, 6) is 0.859. The second-order valence-electron chi connectivity index (χ2n) is 6.12. The minimum atomic E-state index is 0. The normalized spacial score (nSPS) is 17.5. The largest absolute Gasteiger partial charge is 0.396 e. The van der Waals surface area contributed by atoms with E-state index in [1.54, 1.807) is 0 Å². The van der Waals surface area contributed by atoms with Gasteiger partial charge in [-0.1, -0.05) is 0 Å². The van der Waals surface area contributed by atoms with Crippen LogP contribution in [-0.2, 0) is 6.42 Å². The fourth-order valence-electron chi connectivity index (χ4n) is 2.29. The predicted molar refractivity (Wildman–Crippen MR) is 106 cm³/mol. The molecule has 1 aliphatic carbocycles. The average Bonchev–Trinajstić information content (AvgIpc) is 3.13. The third kappa shape index (κ3) is 6.04. The lowest BCUT2D eigenvalue weighted by Gasteiger charge is -2.18. The van der Waals surface area contributed by atoms with Crippen molar-refractivity contribution in [3.63, 3.8) is 0 Å². The first-order valence-electron chi connectivity index (χ1n) is 7.78. The van der Waals surface area contributed by atoms with Crippen molar-refractivity contribution in [3.05, 3.63) is 21.9 Å². The Morgan fingerprint density at radius 3 is 2.68 bits per heavy atom. The molecule has 0 amide bonds. The van der Waals surface area contributed by atoms with Gasteiger partial charge in [-0.25, -0.2) is 0 Å². The van der Waals surface area contributed by atoms with Crippen molar-refractivity contribution in [2.75, 3.05) is 19.7 Å². The van der Waals surface area contributed by atoms with E-state index >= 15 is 0 Å². The lowest BCUT2D eigenvalue weighted by molar-refractivity contribution is 0.217. The van der Waals surface area contributed by atoms with E-state index in [4.69, 9.17) is 0 Å². The van der Waals surface area contributed by atoms with Gasteiger partial charge in [0.15, 0.2) is 5.96 Å². The van der Waals surface area contributed by atoms with Gasteiger partial charge in [0.1, 0.15) is 0 Å². The summed E-state index contributed by atoms with van der Waals surface area (Å²) in [6.45, 7) is 8.21. The molecule has 0 spiro atoms. The Hall–Kier alpha value is -0.340. The molecule has 6 heteroatoms. The number of nitrogens with one attached hydrogen (secondary N) is 2. The van der Waals surface area contributed by atoms with Gasteiger partial charge < -0.3 is 15.7 Å². The minimum Gasteiger partial charge on any atom is -0.396 e. The average molecular weight is 437 g/mol. The topological polar surface area (TPSA) is 56.7 Å². The van der Waals surface area contributed by atoms with Crippen molar-refractivity contribution >= 4 is 41.3 Å². The number of hydrogen-bond donors (Lipinski definition) is 3. The van der Waals surface area contributed by atoms with Crippen LogP contribution in [0.4, 0.5) is 0 Å². The molecule has 1 aromatic rings. The SMILES string of the molecule is CCNC(=NCC1(CO)CC1)NC(C)Cc1ccc(C)s1.I. The highest BCUT2D eigenvalue weighted by atomic mass is 127. The van der Waals surface area contributed by atoms with Gasteiger partial charge in [0, 0.05) is 34.2 Å². The summed E-state index contributed by atoms with van der Waals surface area (Å²) in [7, 11) is 0. The van der Waals surface area contributed by atoms with Gasteiger partial charge in [0.05, 0.1) is 13.2 Å². The molecule has 2 rings (SSSR count). The summed E-state index contributed by atoms with van der Waals surface area (Å²) in [4.78, 5) is 7.40. The Kier molecular flexibility index (Phi) is 8.13. The highest BCUT2D eigenvalue weighted by molar-refractivity contribution is 14.0. The van der Waals surface area contributed by atoms with Crippen molar-refractivity contribution < 1.29 is 5.11 Å². The molecule has 0 aromatic carbocycles. The van der Waals surface area contributed by atoms with Crippen molar-refractivity contribution in [3.8, 4) is 0 Å². The second kappa shape index (κ2) is 9.08. The van der Waals surface area contributed by atoms with Gasteiger partial charge in [0.25, 0.3) is 0 Å². The van der Waals surface area contributed by atoms with Crippen LogP contribution in [0.1, 0.15) is 36.4 Å². The summed E-state index contributed by atoms with van der Waals surface area (Å²) < 4.78 is 0. The fraction of sp³-hybridized carbons (Fsp3) is 0.688. The molecule has 1 fully saturated rings. The summed E-state index contributed by atoms with van der Waals surface area (Å²) in [5.41, 5.74) is 0.0659. The molecule has 1 aromatic heterocycles. The lowest BCUT2D eigenvalue weighted by atomic mass is 10.1. The molecule has 1 unspecified atom stereocenters. The van der Waals surface area contributed by atoms with E-state index in [9.17, 15) is 5.11 Å². The standard InChI is InChI=1S/C16H27N3OS.HI/c1-4-17-15(18-10-16(11-20)7-8-16)19-12(2)9-14-6-5-13(3)21-14;/h5-6,12,20H,4,7-11H2,1-3H3,(H2,17,18,19);1H. The maximum atomic E-state index is 9.37. The number of aliphatic hydroxyl groups is 1. The molecule has 4 nitrogen and oxygen atoms in total. The van der Waals surface area contributed by atoms with Crippen LogP contribution < -0.4 is 10.6 Å². The van der Waals surface area contributed by atoms with Crippen LogP contribution in [0.25, 0.3) is 0 Å². The third-order valence-electron chi connectivity index (χ3n) is 3.90. The first-order valence-corrected chi connectivity index (χ1v) is 8.59. The zero-order chi connectivity index (χ0) is 15.3. The highest BCUT2D eigenvalue weighted by Crippen LogP contribution is 2.45. The third-order valence-corrected chi connectivity index (χ3v) is 4.92. The minimum absolute atomic E-state index is 0. The van der Waals surface area contributed by atoms with E-state index in [1.165, 1.54) is 9.75 Å². The molecular formula is C16H28IN3OS. The van der Waals surface area contributed by atoms with Gasteiger partial charge in [-0.05, 0) is 45.7 Å². The van der Waals surface area contributed by atoms with Gasteiger partial charge in [-0.15, -0.1) is 35.3 Å². The summed E-state index contributed by atoms with van der Waals surface area (Å²) >= 11 is 1.85. The van der Waals surface area contributed by atoms with Crippen LogP contribution in [0, 0.1) is 12.3 Å². The number of guanidine groups is 1. The maximum Gasteiger partial charge on any atom is 0.191 e. The lowest BCUT2D eigenvalue weighted by Crippen LogP contribution is -2.43. The van der Waals surface area contributed by atoms with Crippen LogP contribution in [0.2, 0.25) is 0 Å². The van der Waals surface area contributed by atoms with Gasteiger partial charge >= 0.3 is 0 Å². The van der Waals surface area contributed by atoms with E-state index in [0.29, 0.717) is 12.6 Å². The Morgan fingerprint density at radius 1 is 1.45 bits per heavy atom. The van der Waals surface area contributed by atoms with Crippen molar-refractivity contribution in [1.29, 1.82) is 0 Å². The Balaban J connectivity index is 0.00000242. The second-order valence-corrected chi connectivity index (χ2v) is 7.49. The van der Waals surface area contributed by atoms with E-state index in [0.717, 1.165) is 31.8 Å². The number of hydrogen-bond acceptors (Lipinski definition) is 3. The Morgan fingerprint density at radius 2 is 2.18 bits per heavy atom. The summed E-state index contributed by atoms with van der Waals surface area (Å²) in [5, 5.41) is 16.1.